The fourth-order valence-electron chi connectivity index (χ4n) is 4.73. The molecule has 240 valence electrons. The molecule has 0 radical (unpaired) electrons. The third-order valence-corrected chi connectivity index (χ3v) is 6.96. The SMILES string of the molecule is CC.CCCCC.CN.Cc1c(F)cccc1Cc1cccc(N2CCNCC2)c1NC(N)c1ccccc1C(F)(F)F. The number of hydrogen-bond acceptors (Lipinski definition) is 5. The van der Waals surface area contributed by atoms with E-state index >= 15 is 0 Å². The van der Waals surface area contributed by atoms with E-state index in [1.807, 2.05) is 38.1 Å². The molecule has 3 aromatic rings. The summed E-state index contributed by atoms with van der Waals surface area (Å²) >= 11 is 0. The quantitative estimate of drug-likeness (QED) is 0.155. The minimum absolute atomic E-state index is 0.0296. The highest BCUT2D eigenvalue weighted by molar-refractivity contribution is 5.75. The summed E-state index contributed by atoms with van der Waals surface area (Å²) in [5, 5.41) is 6.49. The first-order valence-corrected chi connectivity index (χ1v) is 15.2. The van der Waals surface area contributed by atoms with Crippen LogP contribution in [0, 0.1) is 12.7 Å². The molecule has 0 bridgehead atoms. The molecule has 1 unspecified atom stereocenters. The van der Waals surface area contributed by atoms with Crippen molar-refractivity contribution in [3.8, 4) is 0 Å². The number of unbranched alkanes of at least 4 members (excludes halogenated alkanes) is 2. The maximum Gasteiger partial charge on any atom is 0.416 e. The van der Waals surface area contributed by atoms with E-state index in [0.29, 0.717) is 17.7 Å². The zero-order valence-electron chi connectivity index (χ0n) is 26.6. The van der Waals surface area contributed by atoms with E-state index < -0.39 is 17.9 Å². The van der Waals surface area contributed by atoms with Crippen molar-refractivity contribution < 1.29 is 17.6 Å². The number of nitrogens with one attached hydrogen (secondary N) is 2. The van der Waals surface area contributed by atoms with E-state index in [2.05, 4.69) is 35.1 Å². The summed E-state index contributed by atoms with van der Waals surface area (Å²) in [6.07, 6.45) is -1.11. The standard InChI is InChI=1S/C26H28F4N4.C5H12.C2H6.CH5N/c1-17-18(6-4-10-22(17)27)16-19-7-5-11-23(34-14-12-32-13-15-34)24(19)33-25(31)20-8-2-3-9-21(20)26(28,29)30;1-3-5-4-2;2*1-2/h2-11,25,32-33H,12-16,31H2,1H3;3-5H2,1-2H3;1-2H3;2H2,1H3. The predicted octanol–water partition coefficient (Wildman–Crippen LogP) is 8.02. The van der Waals surface area contributed by atoms with Gasteiger partial charge in [0, 0.05) is 31.7 Å². The van der Waals surface area contributed by atoms with Crippen LogP contribution in [0.15, 0.2) is 60.7 Å². The van der Waals surface area contributed by atoms with Crippen molar-refractivity contribution in [1.82, 2.24) is 5.32 Å². The summed E-state index contributed by atoms with van der Waals surface area (Å²) in [7, 11) is 1.50. The van der Waals surface area contributed by atoms with Crippen molar-refractivity contribution in [2.24, 2.45) is 11.5 Å². The van der Waals surface area contributed by atoms with Crippen molar-refractivity contribution in [2.45, 2.75) is 72.6 Å². The van der Waals surface area contributed by atoms with Crippen molar-refractivity contribution in [3.63, 3.8) is 0 Å². The lowest BCUT2D eigenvalue weighted by Crippen LogP contribution is -2.44. The van der Waals surface area contributed by atoms with Gasteiger partial charge in [-0.25, -0.2) is 4.39 Å². The van der Waals surface area contributed by atoms with Crippen molar-refractivity contribution in [1.29, 1.82) is 0 Å². The van der Waals surface area contributed by atoms with E-state index in [0.717, 1.165) is 49.1 Å². The third-order valence-electron chi connectivity index (χ3n) is 6.96. The van der Waals surface area contributed by atoms with Crippen LogP contribution in [0.4, 0.5) is 28.9 Å². The smallest absolute Gasteiger partial charge is 0.367 e. The summed E-state index contributed by atoms with van der Waals surface area (Å²) < 4.78 is 55.1. The van der Waals surface area contributed by atoms with Crippen LogP contribution in [0.5, 0.6) is 0 Å². The molecule has 3 aromatic carbocycles. The predicted molar refractivity (Wildman–Crippen MR) is 174 cm³/mol. The zero-order chi connectivity index (χ0) is 32.4. The van der Waals surface area contributed by atoms with Gasteiger partial charge in [-0.3, -0.25) is 0 Å². The van der Waals surface area contributed by atoms with Gasteiger partial charge in [-0.05, 0) is 55.3 Å². The molecule has 1 aliphatic rings. The van der Waals surface area contributed by atoms with Gasteiger partial charge in [0.05, 0.1) is 16.9 Å². The minimum Gasteiger partial charge on any atom is -0.367 e. The van der Waals surface area contributed by atoms with Crippen LogP contribution in [-0.4, -0.2) is 33.2 Å². The molecule has 0 aliphatic carbocycles. The molecule has 0 amide bonds. The Hall–Kier alpha value is -3.14. The summed E-state index contributed by atoms with van der Waals surface area (Å²) in [5.41, 5.74) is 13.8. The molecule has 0 aromatic heterocycles. The van der Waals surface area contributed by atoms with Crippen LogP contribution in [0.25, 0.3) is 0 Å². The molecule has 4 rings (SSSR count). The van der Waals surface area contributed by atoms with Crippen LogP contribution in [0.1, 0.15) is 80.9 Å². The fraction of sp³-hybridized carbons (Fsp3) is 0.471. The van der Waals surface area contributed by atoms with Crippen molar-refractivity contribution in [2.75, 3.05) is 43.4 Å². The summed E-state index contributed by atoms with van der Waals surface area (Å²) in [6, 6.07) is 16.0. The minimum atomic E-state index is -4.52. The Balaban J connectivity index is 0.000000917. The number of halogens is 4. The first-order valence-electron chi connectivity index (χ1n) is 15.2. The van der Waals surface area contributed by atoms with Crippen LogP contribution in [-0.2, 0) is 12.6 Å². The largest absolute Gasteiger partial charge is 0.416 e. The molecular formula is C34H51F4N5. The number of benzene rings is 3. The number of nitrogens with zero attached hydrogens (tertiary/aromatic N) is 1. The van der Waals surface area contributed by atoms with E-state index in [9.17, 15) is 17.6 Å². The Labute approximate surface area is 256 Å². The van der Waals surface area contributed by atoms with Crippen LogP contribution < -0.4 is 27.0 Å². The summed E-state index contributed by atoms with van der Waals surface area (Å²) in [5.74, 6) is -0.291. The van der Waals surface area contributed by atoms with Crippen molar-refractivity contribution in [3.05, 3.63) is 94.3 Å². The molecule has 1 atom stereocenters. The average molecular weight is 606 g/mol. The van der Waals surface area contributed by atoms with Gasteiger partial charge in [-0.1, -0.05) is 89.4 Å². The normalized spacial score (nSPS) is 13.3. The number of rotatable bonds is 8. The molecule has 6 N–H and O–H groups in total. The Kier molecular flexibility index (Phi) is 17.6. The molecule has 0 saturated carbocycles. The first kappa shape index (κ1) is 37.9. The molecule has 9 heteroatoms. The van der Waals surface area contributed by atoms with E-state index in [1.165, 1.54) is 44.5 Å². The number of anilines is 2. The molecule has 43 heavy (non-hydrogen) atoms. The second kappa shape index (κ2) is 19.9. The maximum absolute atomic E-state index is 14.2. The number of nitrogens with two attached hydrogens (primary N) is 2. The van der Waals surface area contributed by atoms with E-state index in [-0.39, 0.29) is 11.4 Å². The lowest BCUT2D eigenvalue weighted by atomic mass is 9.97. The molecule has 5 nitrogen and oxygen atoms in total. The lowest BCUT2D eigenvalue weighted by Gasteiger charge is -2.33. The van der Waals surface area contributed by atoms with Crippen LogP contribution >= 0.6 is 0 Å². The number of piperazine rings is 1. The second-order valence-corrected chi connectivity index (χ2v) is 9.81. The Morgan fingerprint density at radius 1 is 0.884 bits per heavy atom. The highest BCUT2D eigenvalue weighted by Gasteiger charge is 2.34. The number of para-hydroxylation sites is 1. The topological polar surface area (TPSA) is 79.3 Å². The second-order valence-electron chi connectivity index (χ2n) is 9.81. The van der Waals surface area contributed by atoms with Gasteiger partial charge < -0.3 is 27.0 Å². The Bertz CT molecular complexity index is 1190. The summed E-state index contributed by atoms with van der Waals surface area (Å²) in [4.78, 5) is 2.18. The number of hydrogen-bond donors (Lipinski definition) is 4. The fourth-order valence-corrected chi connectivity index (χ4v) is 4.73. The first-order chi connectivity index (χ1) is 20.7. The summed E-state index contributed by atoms with van der Waals surface area (Å²) in [6.45, 7) is 13.3. The zero-order valence-corrected chi connectivity index (χ0v) is 26.6. The Morgan fingerprint density at radius 3 is 2.05 bits per heavy atom. The third kappa shape index (κ3) is 11.5. The van der Waals surface area contributed by atoms with Gasteiger partial charge in [-0.15, -0.1) is 0 Å². The highest BCUT2D eigenvalue weighted by atomic mass is 19.4. The molecule has 0 spiro atoms. The maximum atomic E-state index is 14.2. The van der Waals surface area contributed by atoms with E-state index in [1.54, 1.807) is 19.1 Å². The van der Waals surface area contributed by atoms with Gasteiger partial charge in [0.15, 0.2) is 0 Å². The van der Waals surface area contributed by atoms with Gasteiger partial charge in [0.1, 0.15) is 12.0 Å². The molecular weight excluding hydrogens is 554 g/mol. The highest BCUT2D eigenvalue weighted by Crippen LogP contribution is 2.37. The van der Waals surface area contributed by atoms with Gasteiger partial charge in [-0.2, -0.15) is 13.2 Å². The van der Waals surface area contributed by atoms with Gasteiger partial charge >= 0.3 is 6.18 Å². The molecule has 1 saturated heterocycles. The van der Waals surface area contributed by atoms with Gasteiger partial charge in [0.25, 0.3) is 0 Å². The Morgan fingerprint density at radius 2 is 1.47 bits per heavy atom. The van der Waals surface area contributed by atoms with E-state index in [4.69, 9.17) is 5.73 Å². The lowest BCUT2D eigenvalue weighted by molar-refractivity contribution is -0.138. The van der Waals surface area contributed by atoms with Crippen LogP contribution in [0.2, 0.25) is 0 Å². The van der Waals surface area contributed by atoms with Crippen molar-refractivity contribution >= 4 is 11.4 Å². The average Bonchev–Trinajstić information content (AvgIpc) is 3.03. The molecule has 1 aliphatic heterocycles. The van der Waals surface area contributed by atoms with Gasteiger partial charge in [0.2, 0.25) is 0 Å². The molecule has 1 heterocycles. The molecule has 1 fully saturated rings. The number of alkyl halides is 3. The monoisotopic (exact) mass is 605 g/mol. The van der Waals surface area contributed by atoms with Crippen LogP contribution in [0.3, 0.4) is 0 Å².